The van der Waals surface area contributed by atoms with Crippen LogP contribution in [0.4, 0.5) is 13.2 Å². The van der Waals surface area contributed by atoms with E-state index in [0.717, 1.165) is 6.07 Å². The van der Waals surface area contributed by atoms with E-state index in [0.29, 0.717) is 16.9 Å². The average molecular weight is 277 g/mol. The molecule has 0 aliphatic rings. The van der Waals surface area contributed by atoms with Crippen molar-refractivity contribution in [3.05, 3.63) is 54.0 Å². The number of hydrogen-bond acceptors (Lipinski definition) is 2. The van der Waals surface area contributed by atoms with Gasteiger partial charge in [0.2, 0.25) is 0 Å². The van der Waals surface area contributed by atoms with Crippen molar-refractivity contribution >= 4 is 11.0 Å². The summed E-state index contributed by atoms with van der Waals surface area (Å²) in [5.41, 5.74) is 0.476. The number of nitrogens with zero attached hydrogens (tertiary/aromatic N) is 3. The summed E-state index contributed by atoms with van der Waals surface area (Å²) < 4.78 is 40.7. The molecular formula is C14H10F3N3. The van der Waals surface area contributed by atoms with Crippen LogP contribution in [-0.2, 0) is 6.18 Å². The Balaban J connectivity index is 2.35. The molecule has 2 heterocycles. The van der Waals surface area contributed by atoms with Crippen LogP contribution in [0.1, 0.15) is 11.4 Å². The predicted molar refractivity (Wildman–Crippen MR) is 68.6 cm³/mol. The van der Waals surface area contributed by atoms with E-state index in [2.05, 4.69) is 9.97 Å². The molecule has 0 amide bonds. The Hall–Kier alpha value is -2.37. The van der Waals surface area contributed by atoms with Crippen LogP contribution in [-0.4, -0.2) is 14.5 Å². The van der Waals surface area contributed by atoms with E-state index >= 15 is 0 Å². The molecule has 0 saturated carbocycles. The zero-order chi connectivity index (χ0) is 14.3. The molecule has 0 aliphatic heterocycles. The number of para-hydroxylation sites is 2. The summed E-state index contributed by atoms with van der Waals surface area (Å²) in [5, 5.41) is 0. The van der Waals surface area contributed by atoms with Crippen molar-refractivity contribution in [2.45, 2.75) is 13.1 Å². The third-order valence-electron chi connectivity index (χ3n) is 3.03. The van der Waals surface area contributed by atoms with E-state index in [4.69, 9.17) is 0 Å². The van der Waals surface area contributed by atoms with Gasteiger partial charge in [0.25, 0.3) is 0 Å². The number of pyridine rings is 1. The summed E-state index contributed by atoms with van der Waals surface area (Å²) in [6.07, 6.45) is -3.11. The second-order valence-corrected chi connectivity index (χ2v) is 4.36. The highest BCUT2D eigenvalue weighted by atomic mass is 19.4. The number of fused-ring (bicyclic) bond motifs is 1. The van der Waals surface area contributed by atoms with E-state index in [9.17, 15) is 13.2 Å². The molecule has 0 bridgehead atoms. The fraction of sp³-hybridized carbons (Fsp3) is 0.143. The summed E-state index contributed by atoms with van der Waals surface area (Å²) >= 11 is 0. The number of imidazole rings is 1. The topological polar surface area (TPSA) is 30.7 Å². The monoisotopic (exact) mass is 277 g/mol. The number of aryl methyl sites for hydroxylation is 1. The third-order valence-corrected chi connectivity index (χ3v) is 3.03. The van der Waals surface area contributed by atoms with E-state index in [1.807, 2.05) is 0 Å². The molecule has 0 saturated heterocycles. The fourth-order valence-electron chi connectivity index (χ4n) is 2.21. The van der Waals surface area contributed by atoms with Gasteiger partial charge in [-0.2, -0.15) is 13.2 Å². The molecule has 1 aromatic carbocycles. The van der Waals surface area contributed by atoms with Gasteiger partial charge in [0, 0.05) is 6.20 Å². The molecule has 102 valence electrons. The van der Waals surface area contributed by atoms with Crippen LogP contribution < -0.4 is 0 Å². The molecule has 0 aliphatic carbocycles. The first-order chi connectivity index (χ1) is 9.48. The summed E-state index contributed by atoms with van der Waals surface area (Å²) in [4.78, 5) is 8.17. The largest absolute Gasteiger partial charge is 0.419 e. The van der Waals surface area contributed by atoms with Crippen molar-refractivity contribution in [3.63, 3.8) is 0 Å². The molecule has 0 spiro atoms. The maximum absolute atomic E-state index is 13.1. The minimum absolute atomic E-state index is 0.147. The third kappa shape index (κ3) is 1.93. The van der Waals surface area contributed by atoms with E-state index < -0.39 is 11.7 Å². The van der Waals surface area contributed by atoms with Gasteiger partial charge in [-0.1, -0.05) is 12.1 Å². The van der Waals surface area contributed by atoms with E-state index in [-0.39, 0.29) is 5.82 Å². The molecule has 20 heavy (non-hydrogen) atoms. The van der Waals surface area contributed by atoms with Crippen LogP contribution in [0.2, 0.25) is 0 Å². The van der Waals surface area contributed by atoms with Crippen LogP contribution in [0.3, 0.4) is 0 Å². The van der Waals surface area contributed by atoms with Crippen LogP contribution in [0, 0.1) is 6.92 Å². The normalized spacial score (nSPS) is 12.0. The van der Waals surface area contributed by atoms with Gasteiger partial charge in [0.15, 0.2) is 5.82 Å². The van der Waals surface area contributed by atoms with Gasteiger partial charge in [-0.25, -0.2) is 9.97 Å². The van der Waals surface area contributed by atoms with Gasteiger partial charge in [-0.3, -0.25) is 4.57 Å². The summed E-state index contributed by atoms with van der Waals surface area (Å²) in [6, 6.07) is 9.34. The molecule has 0 unspecified atom stereocenters. The highest BCUT2D eigenvalue weighted by Gasteiger charge is 2.35. The van der Waals surface area contributed by atoms with E-state index in [1.165, 1.54) is 16.8 Å². The highest BCUT2D eigenvalue weighted by molar-refractivity contribution is 5.78. The van der Waals surface area contributed by atoms with Crippen molar-refractivity contribution in [2.24, 2.45) is 0 Å². The van der Waals surface area contributed by atoms with Gasteiger partial charge in [0.05, 0.1) is 16.6 Å². The number of rotatable bonds is 1. The molecule has 2 aromatic heterocycles. The number of alkyl halides is 3. The second-order valence-electron chi connectivity index (χ2n) is 4.36. The summed E-state index contributed by atoms with van der Waals surface area (Å²) in [7, 11) is 0. The smallest absolute Gasteiger partial charge is 0.280 e. The Morgan fingerprint density at radius 1 is 1.05 bits per heavy atom. The van der Waals surface area contributed by atoms with Crippen molar-refractivity contribution in [2.75, 3.05) is 0 Å². The Morgan fingerprint density at radius 3 is 2.55 bits per heavy atom. The lowest BCUT2D eigenvalue weighted by atomic mass is 10.2. The zero-order valence-corrected chi connectivity index (χ0v) is 10.5. The first kappa shape index (κ1) is 12.7. The lowest BCUT2D eigenvalue weighted by Gasteiger charge is -2.13. The first-order valence-electron chi connectivity index (χ1n) is 5.95. The maximum Gasteiger partial charge on any atom is 0.419 e. The lowest BCUT2D eigenvalue weighted by Crippen LogP contribution is -2.13. The standard InChI is InChI=1S/C14H10F3N3/c1-9-19-11-6-2-3-7-12(11)20(9)13-10(14(15,16)17)5-4-8-18-13/h2-8H,1H3. The number of hydrogen-bond donors (Lipinski definition) is 0. The molecule has 6 heteroatoms. The van der Waals surface area contributed by atoms with Crippen molar-refractivity contribution in [3.8, 4) is 5.82 Å². The predicted octanol–water partition coefficient (Wildman–Crippen LogP) is 3.75. The highest BCUT2D eigenvalue weighted by Crippen LogP contribution is 2.34. The van der Waals surface area contributed by atoms with Gasteiger partial charge in [-0.05, 0) is 31.2 Å². The average Bonchev–Trinajstić information content (AvgIpc) is 2.73. The minimum Gasteiger partial charge on any atom is -0.280 e. The Labute approximate surface area is 112 Å². The molecule has 0 fully saturated rings. The first-order valence-corrected chi connectivity index (χ1v) is 5.95. The lowest BCUT2D eigenvalue weighted by molar-refractivity contribution is -0.137. The van der Waals surface area contributed by atoms with Crippen molar-refractivity contribution in [1.82, 2.24) is 14.5 Å². The molecule has 0 atom stereocenters. The van der Waals surface area contributed by atoms with Gasteiger partial charge in [0.1, 0.15) is 5.82 Å². The molecule has 0 radical (unpaired) electrons. The van der Waals surface area contributed by atoms with Crippen molar-refractivity contribution in [1.29, 1.82) is 0 Å². The van der Waals surface area contributed by atoms with Crippen molar-refractivity contribution < 1.29 is 13.2 Å². The molecule has 3 aromatic rings. The van der Waals surface area contributed by atoms with E-state index in [1.54, 1.807) is 31.2 Å². The fourth-order valence-corrected chi connectivity index (χ4v) is 2.21. The summed E-state index contributed by atoms with van der Waals surface area (Å²) in [6.45, 7) is 1.66. The minimum atomic E-state index is -4.46. The van der Waals surface area contributed by atoms with Crippen LogP contribution >= 0.6 is 0 Å². The SMILES string of the molecule is Cc1nc2ccccc2n1-c1ncccc1C(F)(F)F. The number of benzene rings is 1. The Kier molecular flexibility index (Phi) is 2.74. The quantitative estimate of drug-likeness (QED) is 0.678. The van der Waals surface area contributed by atoms with Gasteiger partial charge < -0.3 is 0 Å². The van der Waals surface area contributed by atoms with Gasteiger partial charge >= 0.3 is 6.18 Å². The molecule has 0 N–H and O–H groups in total. The molecular weight excluding hydrogens is 267 g/mol. The summed E-state index contributed by atoms with van der Waals surface area (Å²) in [5.74, 6) is 0.321. The van der Waals surface area contributed by atoms with Crippen LogP contribution in [0.15, 0.2) is 42.6 Å². The zero-order valence-electron chi connectivity index (χ0n) is 10.5. The second kappa shape index (κ2) is 4.33. The van der Waals surface area contributed by atoms with Crippen LogP contribution in [0.5, 0.6) is 0 Å². The number of halogens is 3. The maximum atomic E-state index is 13.1. The van der Waals surface area contributed by atoms with Crippen LogP contribution in [0.25, 0.3) is 16.9 Å². The molecule has 3 rings (SSSR count). The van der Waals surface area contributed by atoms with Gasteiger partial charge in [-0.15, -0.1) is 0 Å². The number of aromatic nitrogens is 3. The Bertz CT molecular complexity index is 775. The Morgan fingerprint density at radius 2 is 1.80 bits per heavy atom. The molecule has 3 nitrogen and oxygen atoms in total.